The number of piperidine rings is 1. The molecule has 0 bridgehead atoms. The van der Waals surface area contributed by atoms with E-state index in [1.165, 1.54) is 11.0 Å². The van der Waals surface area contributed by atoms with Gasteiger partial charge in [0.15, 0.2) is 0 Å². The van der Waals surface area contributed by atoms with E-state index in [0.717, 1.165) is 12.8 Å². The maximum atomic E-state index is 12.1. The van der Waals surface area contributed by atoms with Gasteiger partial charge in [0.2, 0.25) is 11.8 Å². The Morgan fingerprint density at radius 2 is 2.00 bits per heavy atom. The van der Waals surface area contributed by atoms with E-state index in [1.807, 2.05) is 6.92 Å². The first kappa shape index (κ1) is 15.7. The van der Waals surface area contributed by atoms with Crippen LogP contribution in [0.5, 0.6) is 0 Å². The van der Waals surface area contributed by atoms with Crippen LogP contribution >= 0.6 is 0 Å². The summed E-state index contributed by atoms with van der Waals surface area (Å²) in [5.74, 6) is -0.249. The van der Waals surface area contributed by atoms with Crippen molar-refractivity contribution in [3.05, 3.63) is 12.7 Å². The summed E-state index contributed by atoms with van der Waals surface area (Å²) in [5, 5.41) is 0. The molecule has 5 nitrogen and oxygen atoms in total. The SMILES string of the molecule is C=CC(=O)N(C)CC(=O)N1CCC(C)(OCC)CC1. The Bertz CT molecular complexity index is 347. The second-order valence-corrected chi connectivity index (χ2v) is 5.16. The number of ether oxygens (including phenoxy) is 1. The molecule has 1 aliphatic rings. The van der Waals surface area contributed by atoms with Crippen molar-refractivity contribution in [3.8, 4) is 0 Å². The fraction of sp³-hybridized carbons (Fsp3) is 0.714. The van der Waals surface area contributed by atoms with E-state index in [4.69, 9.17) is 4.74 Å². The minimum absolute atomic E-state index is 0.0174. The molecule has 1 saturated heterocycles. The quantitative estimate of drug-likeness (QED) is 0.700. The molecule has 0 aromatic carbocycles. The third kappa shape index (κ3) is 4.35. The van der Waals surface area contributed by atoms with E-state index in [9.17, 15) is 9.59 Å². The number of likely N-dealkylation sites (N-methyl/N-ethyl adjacent to an activating group) is 1. The smallest absolute Gasteiger partial charge is 0.246 e. The average Bonchev–Trinajstić information content (AvgIpc) is 2.38. The number of carbonyl (C=O) groups is 2. The number of amides is 2. The fourth-order valence-corrected chi connectivity index (χ4v) is 2.26. The van der Waals surface area contributed by atoms with Gasteiger partial charge < -0.3 is 14.5 Å². The van der Waals surface area contributed by atoms with Crippen molar-refractivity contribution in [1.82, 2.24) is 9.80 Å². The maximum Gasteiger partial charge on any atom is 0.246 e. The Morgan fingerprint density at radius 1 is 1.42 bits per heavy atom. The summed E-state index contributed by atoms with van der Waals surface area (Å²) < 4.78 is 5.72. The fourth-order valence-electron chi connectivity index (χ4n) is 2.26. The van der Waals surface area contributed by atoms with Crippen molar-refractivity contribution < 1.29 is 14.3 Å². The molecule has 19 heavy (non-hydrogen) atoms. The Hall–Kier alpha value is -1.36. The van der Waals surface area contributed by atoms with Crippen LogP contribution in [0, 0.1) is 0 Å². The van der Waals surface area contributed by atoms with Crippen LogP contribution in [-0.4, -0.2) is 60.5 Å². The van der Waals surface area contributed by atoms with Crippen LogP contribution in [0.15, 0.2) is 12.7 Å². The van der Waals surface area contributed by atoms with Crippen LogP contribution in [0.4, 0.5) is 0 Å². The predicted molar refractivity (Wildman–Crippen MR) is 73.7 cm³/mol. The Kier molecular flexibility index (Phi) is 5.54. The van der Waals surface area contributed by atoms with Crippen LogP contribution in [-0.2, 0) is 14.3 Å². The third-order valence-electron chi connectivity index (χ3n) is 3.59. The lowest BCUT2D eigenvalue weighted by Gasteiger charge is -2.39. The lowest BCUT2D eigenvalue weighted by Crippen LogP contribution is -2.49. The summed E-state index contributed by atoms with van der Waals surface area (Å²) in [4.78, 5) is 26.6. The van der Waals surface area contributed by atoms with Crippen molar-refractivity contribution in [2.24, 2.45) is 0 Å². The third-order valence-corrected chi connectivity index (χ3v) is 3.59. The first-order chi connectivity index (χ1) is 8.91. The van der Waals surface area contributed by atoms with Crippen molar-refractivity contribution in [3.63, 3.8) is 0 Å². The molecule has 1 rings (SSSR count). The Morgan fingerprint density at radius 3 is 2.47 bits per heavy atom. The van der Waals surface area contributed by atoms with Gasteiger partial charge in [0, 0.05) is 26.7 Å². The van der Waals surface area contributed by atoms with Gasteiger partial charge in [-0.2, -0.15) is 0 Å². The van der Waals surface area contributed by atoms with E-state index < -0.39 is 0 Å². The number of hydrogen-bond acceptors (Lipinski definition) is 3. The number of hydrogen-bond donors (Lipinski definition) is 0. The molecule has 0 atom stereocenters. The molecule has 1 heterocycles. The van der Waals surface area contributed by atoms with Gasteiger partial charge in [0.1, 0.15) is 0 Å². The van der Waals surface area contributed by atoms with E-state index in [0.29, 0.717) is 19.7 Å². The van der Waals surface area contributed by atoms with E-state index in [-0.39, 0.29) is 24.0 Å². The molecule has 0 saturated carbocycles. The van der Waals surface area contributed by atoms with Gasteiger partial charge in [-0.3, -0.25) is 9.59 Å². The normalized spacial score (nSPS) is 17.9. The molecule has 0 aromatic heterocycles. The first-order valence-corrected chi connectivity index (χ1v) is 6.71. The highest BCUT2D eigenvalue weighted by atomic mass is 16.5. The van der Waals surface area contributed by atoms with Crippen molar-refractivity contribution in [2.75, 3.05) is 33.3 Å². The summed E-state index contributed by atoms with van der Waals surface area (Å²) >= 11 is 0. The zero-order chi connectivity index (χ0) is 14.5. The average molecular weight is 268 g/mol. The molecule has 1 aliphatic heterocycles. The number of rotatable bonds is 5. The van der Waals surface area contributed by atoms with Crippen molar-refractivity contribution in [1.29, 1.82) is 0 Å². The molecule has 1 fully saturated rings. The summed E-state index contributed by atoms with van der Waals surface area (Å²) in [6, 6.07) is 0. The number of nitrogens with zero attached hydrogens (tertiary/aromatic N) is 2. The zero-order valence-electron chi connectivity index (χ0n) is 12.1. The highest BCUT2D eigenvalue weighted by molar-refractivity contribution is 5.90. The van der Waals surface area contributed by atoms with Crippen LogP contribution in [0.1, 0.15) is 26.7 Å². The van der Waals surface area contributed by atoms with Gasteiger partial charge in [0.25, 0.3) is 0 Å². The molecule has 0 aliphatic carbocycles. The standard InChI is InChI=1S/C14H24N2O3/c1-5-12(17)15(4)11-13(18)16-9-7-14(3,8-10-16)19-6-2/h5H,1,6-11H2,2-4H3. The maximum absolute atomic E-state index is 12.1. The molecule has 2 amide bonds. The Balaban J connectivity index is 2.45. The van der Waals surface area contributed by atoms with Crippen molar-refractivity contribution >= 4 is 11.8 Å². The van der Waals surface area contributed by atoms with E-state index in [2.05, 4.69) is 13.5 Å². The highest BCUT2D eigenvalue weighted by Gasteiger charge is 2.32. The first-order valence-electron chi connectivity index (χ1n) is 6.71. The predicted octanol–water partition coefficient (Wildman–Crippen LogP) is 1.05. The lowest BCUT2D eigenvalue weighted by molar-refractivity contribution is -0.141. The van der Waals surface area contributed by atoms with Crippen molar-refractivity contribution in [2.45, 2.75) is 32.3 Å². The lowest BCUT2D eigenvalue weighted by atomic mass is 9.93. The van der Waals surface area contributed by atoms with Crippen LogP contribution < -0.4 is 0 Å². The molecule has 0 aromatic rings. The second kappa shape index (κ2) is 6.70. The number of likely N-dealkylation sites (tertiary alicyclic amines) is 1. The second-order valence-electron chi connectivity index (χ2n) is 5.16. The highest BCUT2D eigenvalue weighted by Crippen LogP contribution is 2.25. The Labute approximate surface area is 115 Å². The molecular formula is C14H24N2O3. The van der Waals surface area contributed by atoms with Gasteiger partial charge in [-0.25, -0.2) is 0 Å². The molecule has 5 heteroatoms. The molecule has 0 unspecified atom stereocenters. The van der Waals surface area contributed by atoms with Gasteiger partial charge >= 0.3 is 0 Å². The molecule has 0 radical (unpaired) electrons. The molecular weight excluding hydrogens is 244 g/mol. The topological polar surface area (TPSA) is 49.9 Å². The molecule has 0 N–H and O–H groups in total. The van der Waals surface area contributed by atoms with Gasteiger partial charge in [-0.15, -0.1) is 0 Å². The largest absolute Gasteiger partial charge is 0.375 e. The molecule has 108 valence electrons. The zero-order valence-corrected chi connectivity index (χ0v) is 12.1. The van der Waals surface area contributed by atoms with Crippen LogP contribution in [0.3, 0.4) is 0 Å². The van der Waals surface area contributed by atoms with E-state index in [1.54, 1.807) is 11.9 Å². The van der Waals surface area contributed by atoms with Crippen LogP contribution in [0.25, 0.3) is 0 Å². The summed E-state index contributed by atoms with van der Waals surface area (Å²) in [7, 11) is 1.61. The van der Waals surface area contributed by atoms with Gasteiger partial charge in [-0.05, 0) is 32.8 Å². The minimum Gasteiger partial charge on any atom is -0.375 e. The number of carbonyl (C=O) groups excluding carboxylic acids is 2. The summed E-state index contributed by atoms with van der Waals surface area (Å²) in [6.07, 6.45) is 2.90. The van der Waals surface area contributed by atoms with Crippen LogP contribution in [0.2, 0.25) is 0 Å². The minimum atomic E-state index is -0.232. The molecule has 0 spiro atoms. The monoisotopic (exact) mass is 268 g/mol. The summed E-state index contributed by atoms with van der Waals surface area (Å²) in [6.45, 7) is 9.66. The van der Waals surface area contributed by atoms with Gasteiger partial charge in [-0.1, -0.05) is 6.58 Å². The van der Waals surface area contributed by atoms with Gasteiger partial charge in [0.05, 0.1) is 12.1 Å². The summed E-state index contributed by atoms with van der Waals surface area (Å²) in [5.41, 5.74) is -0.117. The van der Waals surface area contributed by atoms with E-state index >= 15 is 0 Å².